The number of carbonyl (C=O) groups excluding carboxylic acids is 3. The number of rotatable bonds is 7. The molecule has 0 aromatic heterocycles. The standard InChI is InChI=1S/C28H25NO7/c1-4-35-21-13-11-18(12-14-21)26(31)24-25(19-7-5-10-23(15-19)36-17(2)30)29(28(33)27(24)32)20-8-6-9-22(16-20)34-3/h5-16,25,31H,4H2,1-3H3/b26-24+. The molecule has 0 bridgehead atoms. The van der Waals surface area contributed by atoms with Gasteiger partial charge >= 0.3 is 5.97 Å². The Morgan fingerprint density at radius 1 is 0.944 bits per heavy atom. The van der Waals surface area contributed by atoms with Gasteiger partial charge in [0.05, 0.1) is 25.3 Å². The fraction of sp³-hybridized carbons (Fsp3) is 0.179. The highest BCUT2D eigenvalue weighted by Gasteiger charge is 2.47. The van der Waals surface area contributed by atoms with Crippen LogP contribution in [-0.4, -0.2) is 36.5 Å². The van der Waals surface area contributed by atoms with Crippen molar-refractivity contribution in [2.45, 2.75) is 19.9 Å². The number of carbonyl (C=O) groups is 3. The first-order valence-corrected chi connectivity index (χ1v) is 11.3. The molecule has 8 nitrogen and oxygen atoms in total. The summed E-state index contributed by atoms with van der Waals surface area (Å²) in [7, 11) is 1.50. The second kappa shape index (κ2) is 10.4. The van der Waals surface area contributed by atoms with E-state index in [-0.39, 0.29) is 17.1 Å². The van der Waals surface area contributed by atoms with Crippen LogP contribution in [0.3, 0.4) is 0 Å². The highest BCUT2D eigenvalue weighted by molar-refractivity contribution is 6.51. The molecule has 0 aliphatic carbocycles. The summed E-state index contributed by atoms with van der Waals surface area (Å²) in [6.45, 7) is 3.62. The van der Waals surface area contributed by atoms with E-state index >= 15 is 0 Å². The molecule has 1 aliphatic rings. The average Bonchev–Trinajstić information content (AvgIpc) is 3.14. The van der Waals surface area contributed by atoms with E-state index in [1.54, 1.807) is 72.8 Å². The van der Waals surface area contributed by atoms with Crippen LogP contribution in [0, 0.1) is 0 Å². The Bertz CT molecular complexity index is 1340. The van der Waals surface area contributed by atoms with Crippen LogP contribution in [0.4, 0.5) is 5.69 Å². The van der Waals surface area contributed by atoms with E-state index in [0.717, 1.165) is 0 Å². The van der Waals surface area contributed by atoms with E-state index in [0.29, 0.717) is 34.9 Å². The second-order valence-corrected chi connectivity index (χ2v) is 7.99. The fourth-order valence-electron chi connectivity index (χ4n) is 4.12. The van der Waals surface area contributed by atoms with Gasteiger partial charge in [0, 0.05) is 24.2 Å². The lowest BCUT2D eigenvalue weighted by molar-refractivity contribution is -0.132. The predicted octanol–water partition coefficient (Wildman–Crippen LogP) is 4.65. The zero-order valence-electron chi connectivity index (χ0n) is 20.1. The van der Waals surface area contributed by atoms with Crippen molar-refractivity contribution in [3.8, 4) is 17.2 Å². The summed E-state index contributed by atoms with van der Waals surface area (Å²) in [6, 6.07) is 18.8. The summed E-state index contributed by atoms with van der Waals surface area (Å²) in [5.41, 5.74) is 1.14. The molecule has 1 N–H and O–H groups in total. The predicted molar refractivity (Wildman–Crippen MR) is 133 cm³/mol. The van der Waals surface area contributed by atoms with E-state index < -0.39 is 23.7 Å². The first-order chi connectivity index (χ1) is 17.3. The molecule has 3 aromatic carbocycles. The summed E-state index contributed by atoms with van der Waals surface area (Å²) in [4.78, 5) is 39.5. The Hall–Kier alpha value is -4.59. The maximum atomic E-state index is 13.3. The van der Waals surface area contributed by atoms with Gasteiger partial charge in [0.15, 0.2) is 0 Å². The monoisotopic (exact) mass is 487 g/mol. The lowest BCUT2D eigenvalue weighted by Crippen LogP contribution is -2.29. The molecule has 1 amide bonds. The van der Waals surface area contributed by atoms with Crippen molar-refractivity contribution >= 4 is 29.1 Å². The van der Waals surface area contributed by atoms with Crippen LogP contribution in [-0.2, 0) is 14.4 Å². The Kier molecular flexibility index (Phi) is 7.05. The molecule has 184 valence electrons. The number of amides is 1. The number of ketones is 1. The van der Waals surface area contributed by atoms with Crippen LogP contribution in [0.5, 0.6) is 17.2 Å². The van der Waals surface area contributed by atoms with Crippen molar-refractivity contribution < 1.29 is 33.7 Å². The SMILES string of the molecule is CCOc1ccc(/C(O)=C2\C(=O)C(=O)N(c3cccc(OC)c3)C2c2cccc(OC(C)=O)c2)cc1. The van der Waals surface area contributed by atoms with E-state index in [1.165, 1.54) is 18.9 Å². The zero-order chi connectivity index (χ0) is 25.8. The maximum absolute atomic E-state index is 13.3. The van der Waals surface area contributed by atoms with Crippen molar-refractivity contribution in [1.29, 1.82) is 0 Å². The molecule has 0 spiro atoms. The molecule has 8 heteroatoms. The number of anilines is 1. The number of hydrogen-bond donors (Lipinski definition) is 1. The molecule has 4 rings (SSSR count). The number of nitrogens with zero attached hydrogens (tertiary/aromatic N) is 1. The first-order valence-electron chi connectivity index (χ1n) is 11.3. The fourth-order valence-corrected chi connectivity index (χ4v) is 4.12. The summed E-state index contributed by atoms with van der Waals surface area (Å²) in [5.74, 6) is -1.14. The number of Topliss-reactive ketones (excluding diaryl/α,β-unsaturated/α-hetero) is 1. The Labute approximate surface area is 208 Å². The molecule has 0 saturated carbocycles. The van der Waals surface area contributed by atoms with E-state index in [2.05, 4.69) is 0 Å². The Balaban J connectivity index is 1.90. The zero-order valence-corrected chi connectivity index (χ0v) is 20.1. The van der Waals surface area contributed by atoms with Gasteiger partial charge in [0.25, 0.3) is 11.7 Å². The molecule has 1 atom stereocenters. The van der Waals surface area contributed by atoms with Crippen molar-refractivity contribution in [3.63, 3.8) is 0 Å². The van der Waals surface area contributed by atoms with E-state index in [1.807, 2.05) is 6.92 Å². The number of benzene rings is 3. The third-order valence-corrected chi connectivity index (χ3v) is 5.65. The van der Waals surface area contributed by atoms with Gasteiger partial charge in [-0.1, -0.05) is 18.2 Å². The largest absolute Gasteiger partial charge is 0.507 e. The molecule has 1 saturated heterocycles. The smallest absolute Gasteiger partial charge is 0.308 e. The van der Waals surface area contributed by atoms with Gasteiger partial charge in [-0.25, -0.2) is 0 Å². The lowest BCUT2D eigenvalue weighted by Gasteiger charge is -2.26. The molecule has 0 radical (unpaired) electrons. The maximum Gasteiger partial charge on any atom is 0.308 e. The highest BCUT2D eigenvalue weighted by Crippen LogP contribution is 2.43. The molecule has 1 aliphatic heterocycles. The van der Waals surface area contributed by atoms with Gasteiger partial charge in [0.2, 0.25) is 0 Å². The van der Waals surface area contributed by atoms with Gasteiger partial charge < -0.3 is 19.3 Å². The number of esters is 1. The average molecular weight is 488 g/mol. The van der Waals surface area contributed by atoms with Crippen molar-refractivity contribution in [2.24, 2.45) is 0 Å². The summed E-state index contributed by atoms with van der Waals surface area (Å²) >= 11 is 0. The number of ether oxygens (including phenoxy) is 3. The molecule has 1 heterocycles. The normalized spacial score (nSPS) is 16.6. The number of hydrogen-bond acceptors (Lipinski definition) is 7. The summed E-state index contributed by atoms with van der Waals surface area (Å²) in [5, 5.41) is 11.3. The van der Waals surface area contributed by atoms with Crippen LogP contribution in [0.1, 0.15) is 31.0 Å². The summed E-state index contributed by atoms with van der Waals surface area (Å²) in [6.07, 6.45) is 0. The quantitative estimate of drug-likeness (QED) is 0.170. The van der Waals surface area contributed by atoms with Gasteiger partial charge in [-0.3, -0.25) is 19.3 Å². The molecule has 36 heavy (non-hydrogen) atoms. The minimum absolute atomic E-state index is 0.0908. The second-order valence-electron chi connectivity index (χ2n) is 7.99. The van der Waals surface area contributed by atoms with Crippen LogP contribution in [0.2, 0.25) is 0 Å². The Morgan fingerprint density at radius 3 is 2.31 bits per heavy atom. The van der Waals surface area contributed by atoms with Crippen LogP contribution in [0.25, 0.3) is 5.76 Å². The van der Waals surface area contributed by atoms with Gasteiger partial charge in [-0.05, 0) is 61.0 Å². The van der Waals surface area contributed by atoms with Crippen LogP contribution in [0.15, 0.2) is 78.4 Å². The molecule has 1 unspecified atom stereocenters. The summed E-state index contributed by atoms with van der Waals surface area (Å²) < 4.78 is 16.0. The number of methoxy groups -OCH3 is 1. The van der Waals surface area contributed by atoms with Gasteiger partial charge in [-0.15, -0.1) is 0 Å². The van der Waals surface area contributed by atoms with E-state index in [9.17, 15) is 19.5 Å². The lowest BCUT2D eigenvalue weighted by atomic mass is 9.95. The van der Waals surface area contributed by atoms with Gasteiger partial charge in [0.1, 0.15) is 23.0 Å². The van der Waals surface area contributed by atoms with Gasteiger partial charge in [-0.2, -0.15) is 0 Å². The minimum atomic E-state index is -0.987. The van der Waals surface area contributed by atoms with Crippen LogP contribution < -0.4 is 19.1 Å². The number of aliphatic hydroxyl groups is 1. The first kappa shape index (κ1) is 24.5. The van der Waals surface area contributed by atoms with Crippen LogP contribution >= 0.6 is 0 Å². The van der Waals surface area contributed by atoms with Crippen molar-refractivity contribution in [3.05, 3.63) is 89.5 Å². The molecular weight excluding hydrogens is 462 g/mol. The third-order valence-electron chi connectivity index (χ3n) is 5.65. The Morgan fingerprint density at radius 2 is 1.64 bits per heavy atom. The number of aliphatic hydroxyl groups excluding tert-OH is 1. The highest BCUT2D eigenvalue weighted by atomic mass is 16.5. The molecular formula is C28H25NO7. The molecule has 1 fully saturated rings. The van der Waals surface area contributed by atoms with E-state index in [4.69, 9.17) is 14.2 Å². The van der Waals surface area contributed by atoms with Crippen molar-refractivity contribution in [1.82, 2.24) is 0 Å². The molecule has 3 aromatic rings. The topological polar surface area (TPSA) is 102 Å². The minimum Gasteiger partial charge on any atom is -0.507 e. The van der Waals surface area contributed by atoms with Crippen molar-refractivity contribution in [2.75, 3.05) is 18.6 Å². The third kappa shape index (κ3) is 4.79.